The monoisotopic (exact) mass is 224 g/mol. The third kappa shape index (κ3) is 4.14. The average Bonchev–Trinajstić information content (AvgIpc) is 2.27. The zero-order valence-corrected chi connectivity index (χ0v) is 9.19. The fourth-order valence-electron chi connectivity index (χ4n) is 1.13. The molecule has 0 aliphatic heterocycles. The van der Waals surface area contributed by atoms with E-state index in [1.807, 2.05) is 0 Å². The van der Waals surface area contributed by atoms with Gasteiger partial charge < -0.3 is 21.1 Å². The van der Waals surface area contributed by atoms with Gasteiger partial charge in [0.15, 0.2) is 0 Å². The van der Waals surface area contributed by atoms with Crippen molar-refractivity contribution in [3.05, 3.63) is 18.3 Å². The molecular weight excluding hydrogens is 208 g/mol. The lowest BCUT2D eigenvalue weighted by molar-refractivity contribution is -0.124. The van der Waals surface area contributed by atoms with Crippen LogP contribution in [-0.4, -0.2) is 37.7 Å². The van der Waals surface area contributed by atoms with Gasteiger partial charge in [-0.1, -0.05) is 0 Å². The molecule has 0 saturated carbocycles. The first-order chi connectivity index (χ1) is 7.74. The molecule has 0 atom stereocenters. The Bertz CT molecular complexity index is 343. The summed E-state index contributed by atoms with van der Waals surface area (Å²) in [5, 5.41) is 5.70. The molecule has 16 heavy (non-hydrogen) atoms. The Labute approximate surface area is 94.2 Å². The summed E-state index contributed by atoms with van der Waals surface area (Å²) in [7, 11) is 1.48. The lowest BCUT2D eigenvalue weighted by atomic mass is 10.4. The highest BCUT2D eigenvalue weighted by molar-refractivity contribution is 5.77. The quantitative estimate of drug-likeness (QED) is 0.584. The Hall–Kier alpha value is -1.82. The number of nitrogens with one attached hydrogen (secondary N) is 2. The zero-order valence-electron chi connectivity index (χ0n) is 9.19. The van der Waals surface area contributed by atoms with E-state index < -0.39 is 0 Å². The molecule has 6 heteroatoms. The van der Waals surface area contributed by atoms with Gasteiger partial charge >= 0.3 is 0 Å². The summed E-state index contributed by atoms with van der Waals surface area (Å²) in [6.07, 6.45) is 1.65. The van der Waals surface area contributed by atoms with E-state index in [0.29, 0.717) is 24.6 Å². The van der Waals surface area contributed by atoms with Crippen molar-refractivity contribution in [2.24, 2.45) is 0 Å². The minimum Gasteiger partial charge on any atom is -0.396 e. The van der Waals surface area contributed by atoms with Crippen molar-refractivity contribution in [3.63, 3.8) is 0 Å². The Morgan fingerprint density at radius 1 is 1.56 bits per heavy atom. The molecule has 0 saturated heterocycles. The summed E-state index contributed by atoms with van der Waals surface area (Å²) in [4.78, 5) is 15.1. The number of carbonyl (C=O) groups is 1. The summed E-state index contributed by atoms with van der Waals surface area (Å²) in [6, 6.07) is 3.53. The van der Waals surface area contributed by atoms with Crippen LogP contribution in [0, 0.1) is 0 Å². The van der Waals surface area contributed by atoms with Crippen molar-refractivity contribution in [1.82, 2.24) is 10.3 Å². The van der Waals surface area contributed by atoms with Gasteiger partial charge in [0.25, 0.3) is 0 Å². The number of nitrogens with two attached hydrogens (primary N) is 1. The molecule has 1 aromatic heterocycles. The van der Waals surface area contributed by atoms with Crippen LogP contribution >= 0.6 is 0 Å². The molecule has 0 fully saturated rings. The minimum absolute atomic E-state index is 0.0751. The molecule has 1 amide bonds. The fourth-order valence-corrected chi connectivity index (χ4v) is 1.13. The normalized spacial score (nSPS) is 9.81. The maximum Gasteiger partial charge on any atom is 0.246 e. The van der Waals surface area contributed by atoms with Crippen LogP contribution in [0.25, 0.3) is 0 Å². The number of anilines is 2. The number of amides is 1. The van der Waals surface area contributed by atoms with Gasteiger partial charge in [0.1, 0.15) is 12.4 Å². The lowest BCUT2D eigenvalue weighted by Crippen LogP contribution is -2.31. The van der Waals surface area contributed by atoms with Crippen molar-refractivity contribution < 1.29 is 9.53 Å². The van der Waals surface area contributed by atoms with Crippen molar-refractivity contribution in [3.8, 4) is 0 Å². The highest BCUT2D eigenvalue weighted by Crippen LogP contribution is 2.11. The van der Waals surface area contributed by atoms with E-state index >= 15 is 0 Å². The largest absolute Gasteiger partial charge is 0.396 e. The van der Waals surface area contributed by atoms with E-state index in [0.717, 1.165) is 0 Å². The number of hydrogen-bond donors (Lipinski definition) is 3. The predicted octanol–water partition coefficient (Wildman–Crippen LogP) is -0.162. The van der Waals surface area contributed by atoms with E-state index in [1.54, 1.807) is 18.3 Å². The number of aromatic nitrogens is 1. The van der Waals surface area contributed by atoms with Gasteiger partial charge in [-0.15, -0.1) is 0 Å². The van der Waals surface area contributed by atoms with Gasteiger partial charge in [-0.3, -0.25) is 4.79 Å². The van der Waals surface area contributed by atoms with Crippen LogP contribution in [0.5, 0.6) is 0 Å². The molecule has 88 valence electrons. The second-order valence-electron chi connectivity index (χ2n) is 3.15. The highest BCUT2D eigenvalue weighted by atomic mass is 16.5. The molecule has 0 bridgehead atoms. The lowest BCUT2D eigenvalue weighted by Gasteiger charge is -2.08. The summed E-state index contributed by atoms with van der Waals surface area (Å²) in [6.45, 7) is 1.14. The van der Waals surface area contributed by atoms with Crippen molar-refractivity contribution in [1.29, 1.82) is 0 Å². The summed E-state index contributed by atoms with van der Waals surface area (Å²) < 4.78 is 4.67. The van der Waals surface area contributed by atoms with Crippen LogP contribution < -0.4 is 16.4 Å². The van der Waals surface area contributed by atoms with Gasteiger partial charge in [0.05, 0.1) is 5.69 Å². The SMILES string of the molecule is COCC(=O)NCCNc1ncccc1N. The van der Waals surface area contributed by atoms with Crippen LogP contribution in [0.1, 0.15) is 0 Å². The standard InChI is InChI=1S/C10H16N4O2/c1-16-7-9(15)12-5-6-14-10-8(11)3-2-4-13-10/h2-4H,5-7,11H2,1H3,(H,12,15)(H,13,14). The smallest absolute Gasteiger partial charge is 0.246 e. The van der Waals surface area contributed by atoms with Crippen LogP contribution in [0.15, 0.2) is 18.3 Å². The number of ether oxygens (including phenoxy) is 1. The van der Waals surface area contributed by atoms with Crippen LogP contribution in [0.2, 0.25) is 0 Å². The molecule has 4 N–H and O–H groups in total. The first-order valence-corrected chi connectivity index (χ1v) is 4.94. The number of carbonyl (C=O) groups excluding carboxylic acids is 1. The number of nitrogens with zero attached hydrogens (tertiary/aromatic N) is 1. The number of nitrogen functional groups attached to an aromatic ring is 1. The number of methoxy groups -OCH3 is 1. The van der Waals surface area contributed by atoms with Crippen LogP contribution in [-0.2, 0) is 9.53 Å². The number of rotatable bonds is 6. The Morgan fingerprint density at radius 2 is 2.38 bits per heavy atom. The van der Waals surface area contributed by atoms with E-state index in [4.69, 9.17) is 5.73 Å². The second-order valence-corrected chi connectivity index (χ2v) is 3.15. The fraction of sp³-hybridized carbons (Fsp3) is 0.400. The molecular formula is C10H16N4O2. The first-order valence-electron chi connectivity index (χ1n) is 4.94. The summed E-state index contributed by atoms with van der Waals surface area (Å²) >= 11 is 0. The maximum absolute atomic E-state index is 11.0. The van der Waals surface area contributed by atoms with E-state index in [9.17, 15) is 4.79 Å². The van der Waals surface area contributed by atoms with E-state index in [1.165, 1.54) is 7.11 Å². The highest BCUT2D eigenvalue weighted by Gasteiger charge is 2.00. The molecule has 1 heterocycles. The second kappa shape index (κ2) is 6.62. The van der Waals surface area contributed by atoms with Gasteiger partial charge in [-0.25, -0.2) is 4.98 Å². The molecule has 0 aromatic carbocycles. The predicted molar refractivity (Wildman–Crippen MR) is 62.0 cm³/mol. The van der Waals surface area contributed by atoms with Gasteiger partial charge in [0, 0.05) is 26.4 Å². The number of hydrogen-bond acceptors (Lipinski definition) is 5. The Kier molecular flexibility index (Phi) is 5.07. The number of pyridine rings is 1. The van der Waals surface area contributed by atoms with Crippen LogP contribution in [0.4, 0.5) is 11.5 Å². The Balaban J connectivity index is 2.21. The van der Waals surface area contributed by atoms with Crippen LogP contribution in [0.3, 0.4) is 0 Å². The van der Waals surface area contributed by atoms with Gasteiger partial charge in [-0.2, -0.15) is 0 Å². The van der Waals surface area contributed by atoms with Crippen molar-refractivity contribution in [2.45, 2.75) is 0 Å². The molecule has 1 rings (SSSR count). The molecule has 0 aliphatic rings. The van der Waals surface area contributed by atoms with Crippen molar-refractivity contribution >= 4 is 17.4 Å². The van der Waals surface area contributed by atoms with E-state index in [-0.39, 0.29) is 12.5 Å². The third-order valence-electron chi connectivity index (χ3n) is 1.85. The molecule has 0 radical (unpaired) electrons. The first kappa shape index (κ1) is 12.3. The molecule has 1 aromatic rings. The zero-order chi connectivity index (χ0) is 11.8. The third-order valence-corrected chi connectivity index (χ3v) is 1.85. The molecule has 0 aliphatic carbocycles. The average molecular weight is 224 g/mol. The Morgan fingerprint density at radius 3 is 3.06 bits per heavy atom. The molecule has 6 nitrogen and oxygen atoms in total. The maximum atomic E-state index is 11.0. The summed E-state index contributed by atoms with van der Waals surface area (Å²) in [5.41, 5.74) is 6.27. The molecule has 0 spiro atoms. The van der Waals surface area contributed by atoms with Gasteiger partial charge in [-0.05, 0) is 12.1 Å². The topological polar surface area (TPSA) is 89.3 Å². The minimum atomic E-state index is -0.140. The van der Waals surface area contributed by atoms with Gasteiger partial charge in [0.2, 0.25) is 5.91 Å². The molecule has 0 unspecified atom stereocenters. The van der Waals surface area contributed by atoms with E-state index in [2.05, 4.69) is 20.4 Å². The van der Waals surface area contributed by atoms with Crippen molar-refractivity contribution in [2.75, 3.05) is 37.9 Å². The summed E-state index contributed by atoms with van der Waals surface area (Å²) in [5.74, 6) is 0.488.